The number of nitrogens with zero attached hydrogens (tertiary/aromatic N) is 1. The van der Waals surface area contributed by atoms with Crippen LogP contribution in [0.5, 0.6) is 0 Å². The summed E-state index contributed by atoms with van der Waals surface area (Å²) in [6.07, 6.45) is -0.407. The first kappa shape index (κ1) is 18.2. The van der Waals surface area contributed by atoms with E-state index < -0.39 is 21.6 Å². The Morgan fingerprint density at radius 3 is 2.00 bits per heavy atom. The van der Waals surface area contributed by atoms with Crippen LogP contribution < -0.4 is 0 Å². The van der Waals surface area contributed by atoms with Gasteiger partial charge in [0.1, 0.15) is 0 Å². The normalized spacial score (nSPS) is 15.4. The standard InChI is InChI=1S/C16H14F3NO3S/c1-15(21,16(17,18)19)9-6-12-2-4-13(5-3-12)24(22,23)14-7-10-20-11-8-14/h2-11,21H,1H3/b9-6+. The van der Waals surface area contributed by atoms with E-state index >= 15 is 0 Å². The van der Waals surface area contributed by atoms with Crippen LogP contribution >= 0.6 is 0 Å². The van der Waals surface area contributed by atoms with Gasteiger partial charge in [-0.2, -0.15) is 13.2 Å². The quantitative estimate of drug-likeness (QED) is 0.912. The van der Waals surface area contributed by atoms with Gasteiger partial charge in [0, 0.05) is 12.4 Å². The van der Waals surface area contributed by atoms with Gasteiger partial charge in [-0.25, -0.2) is 8.42 Å². The lowest BCUT2D eigenvalue weighted by molar-refractivity contribution is -0.232. The van der Waals surface area contributed by atoms with Gasteiger partial charge >= 0.3 is 6.18 Å². The fraction of sp³-hybridized carbons (Fsp3) is 0.188. The Bertz CT molecular complexity index is 827. The molecule has 2 rings (SSSR count). The number of rotatable bonds is 4. The van der Waals surface area contributed by atoms with E-state index in [1.165, 1.54) is 48.8 Å². The van der Waals surface area contributed by atoms with E-state index in [4.69, 9.17) is 0 Å². The maximum absolute atomic E-state index is 12.6. The zero-order valence-electron chi connectivity index (χ0n) is 12.5. The lowest BCUT2D eigenvalue weighted by atomic mass is 10.0. The summed E-state index contributed by atoms with van der Waals surface area (Å²) in [5.74, 6) is 0. The SMILES string of the molecule is CC(O)(/C=C/c1ccc(S(=O)(=O)c2ccncc2)cc1)C(F)(F)F. The highest BCUT2D eigenvalue weighted by molar-refractivity contribution is 7.91. The predicted molar refractivity (Wildman–Crippen MR) is 81.8 cm³/mol. The molecule has 1 N–H and O–H groups in total. The number of aliphatic hydroxyl groups is 1. The van der Waals surface area contributed by atoms with Crippen LogP contribution in [0.15, 0.2) is 64.7 Å². The average Bonchev–Trinajstić information content (AvgIpc) is 2.53. The molecule has 128 valence electrons. The third kappa shape index (κ3) is 3.82. The number of pyridine rings is 1. The molecule has 0 radical (unpaired) electrons. The minimum atomic E-state index is -4.80. The highest BCUT2D eigenvalue weighted by Crippen LogP contribution is 2.31. The molecule has 1 aromatic heterocycles. The Labute approximate surface area is 137 Å². The molecule has 0 spiro atoms. The molecule has 0 aliphatic heterocycles. The number of alkyl halides is 3. The molecule has 1 unspecified atom stereocenters. The molecule has 0 saturated heterocycles. The van der Waals surface area contributed by atoms with Crippen molar-refractivity contribution in [2.24, 2.45) is 0 Å². The van der Waals surface area contributed by atoms with Gasteiger partial charge in [-0.05, 0) is 42.8 Å². The first-order valence-corrected chi connectivity index (χ1v) is 8.26. The maximum atomic E-state index is 12.6. The molecule has 0 fully saturated rings. The molecule has 1 heterocycles. The van der Waals surface area contributed by atoms with Crippen LogP contribution in [0.3, 0.4) is 0 Å². The lowest BCUT2D eigenvalue weighted by Crippen LogP contribution is -2.39. The lowest BCUT2D eigenvalue weighted by Gasteiger charge is -2.22. The van der Waals surface area contributed by atoms with Crippen LogP contribution in [0.4, 0.5) is 13.2 Å². The average molecular weight is 357 g/mol. The first-order chi connectivity index (χ1) is 11.0. The van der Waals surface area contributed by atoms with E-state index in [1.54, 1.807) is 0 Å². The second-order valence-corrected chi connectivity index (χ2v) is 7.18. The molecule has 8 heteroatoms. The summed E-state index contributed by atoms with van der Waals surface area (Å²) < 4.78 is 62.4. The number of halogens is 3. The monoisotopic (exact) mass is 357 g/mol. The molecule has 0 aliphatic carbocycles. The van der Waals surface area contributed by atoms with Crippen molar-refractivity contribution in [1.82, 2.24) is 4.98 Å². The van der Waals surface area contributed by atoms with Crippen molar-refractivity contribution in [3.05, 3.63) is 60.4 Å². The van der Waals surface area contributed by atoms with Crippen molar-refractivity contribution in [2.75, 3.05) is 0 Å². The number of hydrogen-bond acceptors (Lipinski definition) is 4. The fourth-order valence-corrected chi connectivity index (χ4v) is 3.01. The zero-order valence-corrected chi connectivity index (χ0v) is 13.3. The zero-order chi connectivity index (χ0) is 18.0. The van der Waals surface area contributed by atoms with E-state index in [9.17, 15) is 26.7 Å². The van der Waals surface area contributed by atoms with Gasteiger partial charge < -0.3 is 5.11 Å². The van der Waals surface area contributed by atoms with Gasteiger partial charge in [-0.3, -0.25) is 4.98 Å². The van der Waals surface area contributed by atoms with Gasteiger partial charge in [0.25, 0.3) is 0 Å². The number of aromatic nitrogens is 1. The van der Waals surface area contributed by atoms with E-state index in [0.717, 1.165) is 6.08 Å². The van der Waals surface area contributed by atoms with Gasteiger partial charge in [-0.1, -0.05) is 18.2 Å². The Hall–Kier alpha value is -2.19. The largest absolute Gasteiger partial charge is 0.420 e. The summed E-state index contributed by atoms with van der Waals surface area (Å²) in [6, 6.07) is 8.00. The Kier molecular flexibility index (Phi) is 4.82. The Morgan fingerprint density at radius 2 is 1.50 bits per heavy atom. The summed E-state index contributed by atoms with van der Waals surface area (Å²) in [7, 11) is -3.72. The Balaban J connectivity index is 2.26. The number of sulfone groups is 1. The minimum absolute atomic E-state index is 0.00781. The molecule has 2 aromatic rings. The van der Waals surface area contributed by atoms with Crippen molar-refractivity contribution in [2.45, 2.75) is 28.5 Å². The predicted octanol–water partition coefficient (Wildman–Crippen LogP) is 3.24. The molecule has 0 bridgehead atoms. The van der Waals surface area contributed by atoms with Crippen LogP contribution in [0.1, 0.15) is 12.5 Å². The second-order valence-electron chi connectivity index (χ2n) is 5.23. The third-order valence-electron chi connectivity index (χ3n) is 3.32. The molecule has 4 nitrogen and oxygen atoms in total. The van der Waals surface area contributed by atoms with Crippen molar-refractivity contribution in [3.8, 4) is 0 Å². The molecule has 1 atom stereocenters. The summed E-state index contributed by atoms with van der Waals surface area (Å²) in [5.41, 5.74) is -2.64. The fourth-order valence-electron chi connectivity index (χ4n) is 1.76. The maximum Gasteiger partial charge on any atom is 0.420 e. The number of hydrogen-bond donors (Lipinski definition) is 1. The topological polar surface area (TPSA) is 67.3 Å². The summed E-state index contributed by atoms with van der Waals surface area (Å²) >= 11 is 0. The van der Waals surface area contributed by atoms with Crippen molar-refractivity contribution in [1.29, 1.82) is 0 Å². The van der Waals surface area contributed by atoms with Crippen molar-refractivity contribution < 1.29 is 26.7 Å². The Morgan fingerprint density at radius 1 is 1.00 bits per heavy atom. The smallest absolute Gasteiger partial charge is 0.377 e. The van der Waals surface area contributed by atoms with Crippen molar-refractivity contribution >= 4 is 15.9 Å². The van der Waals surface area contributed by atoms with Gasteiger partial charge in [0.15, 0.2) is 5.60 Å². The van der Waals surface area contributed by atoms with E-state index in [0.29, 0.717) is 18.6 Å². The van der Waals surface area contributed by atoms with Crippen LogP contribution in [-0.2, 0) is 9.84 Å². The summed E-state index contributed by atoms with van der Waals surface area (Å²) in [6.45, 7) is 0.631. The van der Waals surface area contributed by atoms with E-state index in [1.807, 2.05) is 0 Å². The molecule has 24 heavy (non-hydrogen) atoms. The highest BCUT2D eigenvalue weighted by Gasteiger charge is 2.47. The highest BCUT2D eigenvalue weighted by atomic mass is 32.2. The van der Waals surface area contributed by atoms with Crippen LogP contribution in [-0.4, -0.2) is 30.3 Å². The van der Waals surface area contributed by atoms with Crippen LogP contribution in [0, 0.1) is 0 Å². The van der Waals surface area contributed by atoms with Gasteiger partial charge in [-0.15, -0.1) is 0 Å². The molecular formula is C16H14F3NO3S. The van der Waals surface area contributed by atoms with E-state index in [2.05, 4.69) is 4.98 Å². The third-order valence-corrected chi connectivity index (χ3v) is 5.11. The molecule has 0 saturated carbocycles. The van der Waals surface area contributed by atoms with Crippen molar-refractivity contribution in [3.63, 3.8) is 0 Å². The minimum Gasteiger partial charge on any atom is -0.377 e. The second kappa shape index (κ2) is 6.37. The summed E-state index contributed by atoms with van der Waals surface area (Å²) in [5, 5.41) is 9.33. The van der Waals surface area contributed by atoms with Gasteiger partial charge in [0.2, 0.25) is 9.84 Å². The van der Waals surface area contributed by atoms with Crippen LogP contribution in [0.2, 0.25) is 0 Å². The first-order valence-electron chi connectivity index (χ1n) is 6.77. The molecule has 0 amide bonds. The van der Waals surface area contributed by atoms with Gasteiger partial charge in [0.05, 0.1) is 9.79 Å². The summed E-state index contributed by atoms with van der Waals surface area (Å²) in [4.78, 5) is 3.82. The molecule has 0 aliphatic rings. The molecular weight excluding hydrogens is 343 g/mol. The van der Waals surface area contributed by atoms with E-state index in [-0.39, 0.29) is 9.79 Å². The number of benzene rings is 1. The van der Waals surface area contributed by atoms with Crippen LogP contribution in [0.25, 0.3) is 6.08 Å². The molecule has 1 aromatic carbocycles.